The Morgan fingerprint density at radius 2 is 1.54 bits per heavy atom. The van der Waals surface area contributed by atoms with Gasteiger partial charge in [-0.3, -0.25) is 4.99 Å². The summed E-state index contributed by atoms with van der Waals surface area (Å²) in [6.07, 6.45) is 3.34. The third-order valence-electron chi connectivity index (χ3n) is 5.89. The average molecular weight is 347 g/mol. The summed E-state index contributed by atoms with van der Waals surface area (Å²) in [6, 6.07) is 17.8. The van der Waals surface area contributed by atoms with Crippen molar-refractivity contribution < 1.29 is 0 Å². The number of rotatable bonds is 5. The van der Waals surface area contributed by atoms with Crippen molar-refractivity contribution in [2.24, 2.45) is 10.9 Å². The number of hydrogen-bond donors (Lipinski definition) is 0. The third-order valence-corrected chi connectivity index (χ3v) is 5.89. The maximum atomic E-state index is 4.18. The molecule has 0 radical (unpaired) electrons. The highest BCUT2D eigenvalue weighted by Crippen LogP contribution is 2.49. The van der Waals surface area contributed by atoms with Crippen LogP contribution in [-0.2, 0) is 5.41 Å². The first-order valence-corrected chi connectivity index (χ1v) is 9.49. The molecule has 0 spiro atoms. The summed E-state index contributed by atoms with van der Waals surface area (Å²) < 4.78 is 0. The van der Waals surface area contributed by atoms with E-state index in [1.54, 1.807) is 0 Å². The van der Waals surface area contributed by atoms with Crippen LogP contribution >= 0.6 is 0 Å². The number of aliphatic imine (C=N–C) groups is 1. The van der Waals surface area contributed by atoms with Gasteiger partial charge in [0.15, 0.2) is 0 Å². The highest BCUT2D eigenvalue weighted by atomic mass is 15.2. The lowest BCUT2D eigenvalue weighted by molar-refractivity contribution is 0.493. The Morgan fingerprint density at radius 1 is 1.04 bits per heavy atom. The third kappa shape index (κ3) is 3.09. The molecule has 2 nitrogen and oxygen atoms in total. The van der Waals surface area contributed by atoms with Gasteiger partial charge in [0, 0.05) is 28.5 Å². The number of fused-ring (bicyclic) bond motifs is 2. The summed E-state index contributed by atoms with van der Waals surface area (Å²) in [5, 5.41) is 0. The molecule has 2 atom stereocenters. The Hall–Kier alpha value is -2.35. The predicted molar refractivity (Wildman–Crippen MR) is 114 cm³/mol. The molecule has 0 bridgehead atoms. The molecule has 1 heterocycles. The second-order valence-electron chi connectivity index (χ2n) is 7.98. The van der Waals surface area contributed by atoms with Crippen LogP contribution in [0.2, 0.25) is 0 Å². The van der Waals surface area contributed by atoms with Crippen molar-refractivity contribution in [1.82, 2.24) is 0 Å². The van der Waals surface area contributed by atoms with Crippen molar-refractivity contribution in [3.8, 4) is 0 Å². The summed E-state index contributed by atoms with van der Waals surface area (Å²) >= 11 is 0. The molecule has 26 heavy (non-hydrogen) atoms. The maximum Gasteiger partial charge on any atom is 0.0499 e. The lowest BCUT2D eigenvalue weighted by Gasteiger charge is -2.42. The first kappa shape index (κ1) is 18.4. The van der Waals surface area contributed by atoms with Gasteiger partial charge in [-0.25, -0.2) is 0 Å². The second kappa shape index (κ2) is 7.11. The Kier molecular flexibility index (Phi) is 5.04. The fraction of sp³-hybridized carbons (Fsp3) is 0.375. The Morgan fingerprint density at radius 3 is 2.04 bits per heavy atom. The molecule has 2 heteroatoms. The fourth-order valence-electron chi connectivity index (χ4n) is 3.87. The van der Waals surface area contributed by atoms with E-state index in [1.165, 1.54) is 28.2 Å². The fourth-order valence-corrected chi connectivity index (χ4v) is 3.87. The topological polar surface area (TPSA) is 15.6 Å². The molecule has 3 rings (SSSR count). The van der Waals surface area contributed by atoms with E-state index in [0.29, 0.717) is 5.92 Å². The Bertz CT molecular complexity index is 782. The molecule has 2 aromatic rings. The number of allylic oxidation sites excluding steroid dienone is 2. The van der Waals surface area contributed by atoms with Crippen LogP contribution in [0.3, 0.4) is 0 Å². The smallest absolute Gasteiger partial charge is 0.0499 e. The van der Waals surface area contributed by atoms with E-state index in [4.69, 9.17) is 0 Å². The highest BCUT2D eigenvalue weighted by Gasteiger charge is 2.36. The molecule has 2 unspecified atom stereocenters. The monoisotopic (exact) mass is 346 g/mol. The van der Waals surface area contributed by atoms with Gasteiger partial charge in [0.1, 0.15) is 0 Å². The summed E-state index contributed by atoms with van der Waals surface area (Å²) in [7, 11) is 0. The lowest BCUT2D eigenvalue weighted by Crippen LogP contribution is -2.32. The minimum Gasteiger partial charge on any atom is -0.314 e. The van der Waals surface area contributed by atoms with E-state index in [0.717, 1.165) is 6.42 Å². The van der Waals surface area contributed by atoms with Gasteiger partial charge in [0.05, 0.1) is 0 Å². The molecule has 1 aliphatic heterocycles. The zero-order chi connectivity index (χ0) is 18.9. The maximum absolute atomic E-state index is 4.18. The molecule has 0 saturated heterocycles. The van der Waals surface area contributed by atoms with Crippen LogP contribution in [0.5, 0.6) is 0 Å². The Labute approximate surface area is 158 Å². The van der Waals surface area contributed by atoms with Gasteiger partial charge >= 0.3 is 0 Å². The number of hydrogen-bond acceptors (Lipinski definition) is 2. The van der Waals surface area contributed by atoms with E-state index in [-0.39, 0.29) is 11.5 Å². The van der Waals surface area contributed by atoms with Gasteiger partial charge < -0.3 is 4.90 Å². The van der Waals surface area contributed by atoms with Crippen molar-refractivity contribution >= 4 is 18.1 Å². The minimum atomic E-state index is -0.00146. The molecule has 0 aliphatic carbocycles. The standard InChI is InChI=1S/C24H30N2/c1-17(19(3)25-6)15-16-18(2)26-22-13-9-7-11-20(22)24(4,5)21-12-8-10-14-23(21)26/h7-14,16-17,19H,6,15H2,1-5H3/b18-16+. The summed E-state index contributed by atoms with van der Waals surface area (Å²) in [5.74, 6) is 0.481. The average Bonchev–Trinajstić information content (AvgIpc) is 2.65. The largest absolute Gasteiger partial charge is 0.314 e. The molecule has 2 aromatic carbocycles. The molecule has 0 fully saturated rings. The van der Waals surface area contributed by atoms with Crippen LogP contribution in [0.4, 0.5) is 11.4 Å². The van der Waals surface area contributed by atoms with Crippen molar-refractivity contribution in [3.05, 3.63) is 71.4 Å². The molecular formula is C24H30N2. The number of para-hydroxylation sites is 2. The van der Waals surface area contributed by atoms with Gasteiger partial charge in [0.2, 0.25) is 0 Å². The van der Waals surface area contributed by atoms with Crippen LogP contribution in [0.25, 0.3) is 0 Å². The summed E-state index contributed by atoms with van der Waals surface area (Å²) in [5.41, 5.74) is 6.59. The predicted octanol–water partition coefficient (Wildman–Crippen LogP) is 6.48. The highest BCUT2D eigenvalue weighted by molar-refractivity contribution is 5.80. The number of anilines is 2. The zero-order valence-electron chi connectivity index (χ0n) is 16.7. The zero-order valence-corrected chi connectivity index (χ0v) is 16.7. The summed E-state index contributed by atoms with van der Waals surface area (Å²) in [6.45, 7) is 14.9. The van der Waals surface area contributed by atoms with Crippen LogP contribution in [-0.4, -0.2) is 12.8 Å². The molecule has 0 amide bonds. The Balaban J connectivity index is 2.06. The molecule has 136 valence electrons. The first-order chi connectivity index (χ1) is 12.4. The molecule has 1 aliphatic rings. The van der Waals surface area contributed by atoms with Gasteiger partial charge in [0.25, 0.3) is 0 Å². The second-order valence-corrected chi connectivity index (χ2v) is 7.98. The van der Waals surface area contributed by atoms with E-state index in [9.17, 15) is 0 Å². The minimum absolute atomic E-state index is 0.00146. The SMILES string of the molecule is C=NC(C)C(C)C/C=C(\C)N1c2ccccc2C(C)(C)c2ccccc21. The van der Waals surface area contributed by atoms with Crippen molar-refractivity contribution in [3.63, 3.8) is 0 Å². The van der Waals surface area contributed by atoms with Crippen LogP contribution in [0.15, 0.2) is 65.3 Å². The van der Waals surface area contributed by atoms with Crippen molar-refractivity contribution in [2.75, 3.05) is 4.90 Å². The van der Waals surface area contributed by atoms with E-state index < -0.39 is 0 Å². The van der Waals surface area contributed by atoms with E-state index >= 15 is 0 Å². The number of benzene rings is 2. The molecule has 0 saturated carbocycles. The van der Waals surface area contributed by atoms with E-state index in [1.807, 2.05) is 0 Å². The molecular weight excluding hydrogens is 316 g/mol. The molecule has 0 aromatic heterocycles. The first-order valence-electron chi connectivity index (χ1n) is 9.49. The van der Waals surface area contributed by atoms with Crippen molar-refractivity contribution in [2.45, 2.75) is 52.5 Å². The van der Waals surface area contributed by atoms with Crippen LogP contribution in [0, 0.1) is 5.92 Å². The quantitative estimate of drug-likeness (QED) is 0.565. The molecule has 0 N–H and O–H groups in total. The van der Waals surface area contributed by atoms with E-state index in [2.05, 4.69) is 106 Å². The number of nitrogens with zero attached hydrogens (tertiary/aromatic N) is 2. The van der Waals surface area contributed by atoms with Gasteiger partial charge in [-0.2, -0.15) is 0 Å². The van der Waals surface area contributed by atoms with Crippen LogP contribution < -0.4 is 4.90 Å². The van der Waals surface area contributed by atoms with Crippen molar-refractivity contribution in [1.29, 1.82) is 0 Å². The van der Waals surface area contributed by atoms with Gasteiger partial charge in [-0.15, -0.1) is 0 Å². The normalized spacial score (nSPS) is 17.9. The van der Waals surface area contributed by atoms with Gasteiger partial charge in [-0.05, 0) is 56.2 Å². The summed E-state index contributed by atoms with van der Waals surface area (Å²) in [4.78, 5) is 6.59. The lowest BCUT2D eigenvalue weighted by atomic mass is 9.73. The van der Waals surface area contributed by atoms with Crippen LogP contribution in [0.1, 0.15) is 52.2 Å². The van der Waals surface area contributed by atoms with Gasteiger partial charge in [-0.1, -0.05) is 63.2 Å².